The third-order valence-electron chi connectivity index (χ3n) is 4.23. The SMILES string of the molecule is CC(C)[C@H](N)C(=O)NCC(=O)Nc1ccc(CN2CCCC2=O)cc1.Cl. The lowest BCUT2D eigenvalue weighted by Gasteiger charge is -2.16. The quantitative estimate of drug-likeness (QED) is 0.660. The highest BCUT2D eigenvalue weighted by atomic mass is 35.5. The number of nitrogens with one attached hydrogen (secondary N) is 2. The minimum absolute atomic E-state index is 0. The van der Waals surface area contributed by atoms with Crippen LogP contribution >= 0.6 is 12.4 Å². The summed E-state index contributed by atoms with van der Waals surface area (Å²) in [5.74, 6) is -0.451. The van der Waals surface area contributed by atoms with Crippen LogP contribution in [-0.2, 0) is 20.9 Å². The van der Waals surface area contributed by atoms with Gasteiger partial charge in [-0.05, 0) is 30.0 Å². The molecule has 1 aromatic rings. The summed E-state index contributed by atoms with van der Waals surface area (Å²) in [6.07, 6.45) is 1.54. The van der Waals surface area contributed by atoms with E-state index in [1.807, 2.05) is 30.9 Å². The zero-order valence-corrected chi connectivity index (χ0v) is 16.0. The molecule has 7 nitrogen and oxygen atoms in total. The number of hydrogen-bond acceptors (Lipinski definition) is 4. The van der Waals surface area contributed by atoms with Crippen molar-refractivity contribution in [3.8, 4) is 0 Å². The predicted octanol–water partition coefficient (Wildman–Crippen LogP) is 1.27. The highest BCUT2D eigenvalue weighted by Gasteiger charge is 2.20. The van der Waals surface area contributed by atoms with E-state index in [0.717, 1.165) is 18.5 Å². The molecule has 0 aliphatic carbocycles. The average Bonchev–Trinajstić information content (AvgIpc) is 2.98. The van der Waals surface area contributed by atoms with Crippen molar-refractivity contribution in [3.05, 3.63) is 29.8 Å². The molecule has 0 spiro atoms. The number of rotatable bonds is 7. The molecule has 0 radical (unpaired) electrons. The number of amides is 3. The summed E-state index contributed by atoms with van der Waals surface area (Å²) in [5.41, 5.74) is 7.38. The summed E-state index contributed by atoms with van der Waals surface area (Å²) in [6.45, 7) is 4.97. The topological polar surface area (TPSA) is 105 Å². The molecule has 8 heteroatoms. The second-order valence-electron chi connectivity index (χ2n) is 6.65. The maximum absolute atomic E-state index is 11.9. The standard InChI is InChI=1S/C18H26N4O3.ClH/c1-12(2)17(19)18(25)20-10-15(23)21-14-7-5-13(6-8-14)11-22-9-3-4-16(22)24;/h5-8,12,17H,3-4,9-11,19H2,1-2H3,(H,20,25)(H,21,23);1H/t17-;/m0./s1. The third-order valence-corrected chi connectivity index (χ3v) is 4.23. The summed E-state index contributed by atoms with van der Waals surface area (Å²) >= 11 is 0. The Morgan fingerprint density at radius 2 is 1.88 bits per heavy atom. The molecule has 1 heterocycles. The predicted molar refractivity (Wildman–Crippen MR) is 103 cm³/mol. The summed E-state index contributed by atoms with van der Waals surface area (Å²) in [7, 11) is 0. The fourth-order valence-corrected chi connectivity index (χ4v) is 2.58. The van der Waals surface area contributed by atoms with Crippen molar-refractivity contribution in [1.29, 1.82) is 0 Å². The Labute approximate surface area is 160 Å². The molecular formula is C18H27ClN4O3. The monoisotopic (exact) mass is 382 g/mol. The second kappa shape index (κ2) is 10.1. The highest BCUT2D eigenvalue weighted by molar-refractivity contribution is 5.95. The van der Waals surface area contributed by atoms with Gasteiger partial charge in [0.2, 0.25) is 17.7 Å². The number of benzene rings is 1. The third kappa shape index (κ3) is 6.31. The molecule has 4 N–H and O–H groups in total. The normalized spacial score (nSPS) is 14.8. The average molecular weight is 383 g/mol. The Kier molecular flexibility index (Phi) is 8.54. The number of nitrogens with two attached hydrogens (primary N) is 1. The number of carbonyl (C=O) groups is 3. The highest BCUT2D eigenvalue weighted by Crippen LogP contribution is 2.16. The first kappa shape index (κ1) is 21.9. The van der Waals surface area contributed by atoms with E-state index < -0.39 is 6.04 Å². The lowest BCUT2D eigenvalue weighted by Crippen LogP contribution is -2.46. The molecule has 1 saturated heterocycles. The molecule has 1 fully saturated rings. The zero-order chi connectivity index (χ0) is 18.4. The van der Waals surface area contributed by atoms with E-state index in [2.05, 4.69) is 10.6 Å². The van der Waals surface area contributed by atoms with Crippen LogP contribution in [0.3, 0.4) is 0 Å². The van der Waals surface area contributed by atoms with Crippen LogP contribution in [0, 0.1) is 5.92 Å². The van der Waals surface area contributed by atoms with E-state index in [-0.39, 0.29) is 42.6 Å². The maximum Gasteiger partial charge on any atom is 0.243 e. The number of likely N-dealkylation sites (tertiary alicyclic amines) is 1. The molecule has 26 heavy (non-hydrogen) atoms. The van der Waals surface area contributed by atoms with Crippen molar-refractivity contribution in [2.24, 2.45) is 11.7 Å². The van der Waals surface area contributed by atoms with Crippen LogP contribution in [0.2, 0.25) is 0 Å². The Balaban J connectivity index is 0.00000338. The van der Waals surface area contributed by atoms with Crippen molar-refractivity contribution in [2.45, 2.75) is 39.3 Å². The number of halogens is 1. The fourth-order valence-electron chi connectivity index (χ4n) is 2.58. The van der Waals surface area contributed by atoms with Gasteiger partial charge >= 0.3 is 0 Å². The largest absolute Gasteiger partial charge is 0.346 e. The van der Waals surface area contributed by atoms with E-state index in [1.54, 1.807) is 12.1 Å². The lowest BCUT2D eigenvalue weighted by molar-refractivity contribution is -0.128. The minimum Gasteiger partial charge on any atom is -0.346 e. The fraction of sp³-hybridized carbons (Fsp3) is 0.500. The van der Waals surface area contributed by atoms with Crippen LogP contribution < -0.4 is 16.4 Å². The molecule has 1 aromatic carbocycles. The van der Waals surface area contributed by atoms with Crippen LogP contribution in [0.25, 0.3) is 0 Å². The van der Waals surface area contributed by atoms with Gasteiger partial charge in [0.05, 0.1) is 12.6 Å². The Bertz CT molecular complexity index is 634. The zero-order valence-electron chi connectivity index (χ0n) is 15.2. The Morgan fingerprint density at radius 1 is 1.23 bits per heavy atom. The number of nitrogens with zero attached hydrogens (tertiary/aromatic N) is 1. The second-order valence-corrected chi connectivity index (χ2v) is 6.65. The Morgan fingerprint density at radius 3 is 2.42 bits per heavy atom. The molecule has 0 aromatic heterocycles. The van der Waals surface area contributed by atoms with E-state index in [1.165, 1.54) is 0 Å². The molecule has 2 rings (SSSR count). The van der Waals surface area contributed by atoms with Gasteiger partial charge in [0.1, 0.15) is 0 Å². The van der Waals surface area contributed by atoms with Crippen LogP contribution in [0.5, 0.6) is 0 Å². The Hall–Kier alpha value is -2.12. The van der Waals surface area contributed by atoms with Gasteiger partial charge in [-0.2, -0.15) is 0 Å². The van der Waals surface area contributed by atoms with Gasteiger partial charge in [-0.25, -0.2) is 0 Å². The van der Waals surface area contributed by atoms with E-state index in [4.69, 9.17) is 5.73 Å². The molecule has 0 unspecified atom stereocenters. The van der Waals surface area contributed by atoms with Gasteiger partial charge < -0.3 is 21.3 Å². The van der Waals surface area contributed by atoms with E-state index in [9.17, 15) is 14.4 Å². The number of anilines is 1. The van der Waals surface area contributed by atoms with Gasteiger partial charge in [-0.15, -0.1) is 12.4 Å². The van der Waals surface area contributed by atoms with Crippen LogP contribution in [0.4, 0.5) is 5.69 Å². The summed E-state index contributed by atoms with van der Waals surface area (Å²) < 4.78 is 0. The lowest BCUT2D eigenvalue weighted by atomic mass is 10.1. The molecular weight excluding hydrogens is 356 g/mol. The van der Waals surface area contributed by atoms with Gasteiger partial charge in [0, 0.05) is 25.2 Å². The maximum atomic E-state index is 11.9. The number of hydrogen-bond donors (Lipinski definition) is 3. The smallest absolute Gasteiger partial charge is 0.243 e. The van der Waals surface area contributed by atoms with Gasteiger partial charge in [-0.1, -0.05) is 26.0 Å². The summed E-state index contributed by atoms with van der Waals surface area (Å²) in [6, 6.07) is 6.72. The molecule has 1 aliphatic rings. The van der Waals surface area contributed by atoms with Crippen molar-refractivity contribution in [2.75, 3.05) is 18.4 Å². The molecule has 144 valence electrons. The first-order valence-corrected chi connectivity index (χ1v) is 8.56. The van der Waals surface area contributed by atoms with Gasteiger partial charge in [0.15, 0.2) is 0 Å². The van der Waals surface area contributed by atoms with Gasteiger partial charge in [-0.3, -0.25) is 14.4 Å². The van der Waals surface area contributed by atoms with Crippen molar-refractivity contribution in [3.63, 3.8) is 0 Å². The van der Waals surface area contributed by atoms with Crippen LogP contribution in [0.1, 0.15) is 32.3 Å². The first-order valence-electron chi connectivity index (χ1n) is 8.56. The van der Waals surface area contributed by atoms with Crippen molar-refractivity contribution >= 4 is 35.8 Å². The van der Waals surface area contributed by atoms with Crippen LogP contribution in [-0.4, -0.2) is 41.8 Å². The van der Waals surface area contributed by atoms with E-state index >= 15 is 0 Å². The number of carbonyl (C=O) groups excluding carboxylic acids is 3. The minimum atomic E-state index is -0.625. The molecule has 1 atom stereocenters. The molecule has 0 saturated carbocycles. The van der Waals surface area contributed by atoms with Crippen LogP contribution in [0.15, 0.2) is 24.3 Å². The molecule has 0 bridgehead atoms. The molecule has 3 amide bonds. The van der Waals surface area contributed by atoms with Crippen molar-refractivity contribution < 1.29 is 14.4 Å². The summed E-state index contributed by atoms with van der Waals surface area (Å²) in [5, 5.41) is 5.25. The molecule has 1 aliphatic heterocycles. The first-order chi connectivity index (χ1) is 11.9. The summed E-state index contributed by atoms with van der Waals surface area (Å²) in [4.78, 5) is 37.1. The van der Waals surface area contributed by atoms with Crippen molar-refractivity contribution in [1.82, 2.24) is 10.2 Å². The van der Waals surface area contributed by atoms with E-state index in [0.29, 0.717) is 18.7 Å². The van der Waals surface area contributed by atoms with Gasteiger partial charge in [0.25, 0.3) is 0 Å².